The smallest absolute Gasteiger partial charge is 0.143 e. The minimum atomic E-state index is -0.458. The number of nitrogen functional groups attached to an aromatic ring is 1. The van der Waals surface area contributed by atoms with E-state index in [2.05, 4.69) is 4.90 Å². The van der Waals surface area contributed by atoms with Gasteiger partial charge in [0.15, 0.2) is 0 Å². The van der Waals surface area contributed by atoms with Gasteiger partial charge in [0.05, 0.1) is 16.4 Å². The van der Waals surface area contributed by atoms with Crippen LogP contribution in [-0.4, -0.2) is 13.6 Å². The highest BCUT2D eigenvalue weighted by Gasteiger charge is 2.20. The van der Waals surface area contributed by atoms with E-state index in [1.807, 2.05) is 7.05 Å². The van der Waals surface area contributed by atoms with Gasteiger partial charge >= 0.3 is 0 Å². The summed E-state index contributed by atoms with van der Waals surface area (Å²) in [6.45, 7) is 0.964. The van der Waals surface area contributed by atoms with Crippen LogP contribution in [0.15, 0.2) is 12.1 Å². The Bertz CT molecular complexity index is 391. The maximum Gasteiger partial charge on any atom is 0.143 e. The summed E-state index contributed by atoms with van der Waals surface area (Å²) in [6, 6.07) is 2.89. The molecule has 1 aromatic carbocycles. The van der Waals surface area contributed by atoms with E-state index in [4.69, 9.17) is 17.3 Å². The lowest BCUT2D eigenvalue weighted by Gasteiger charge is -2.31. The van der Waals surface area contributed by atoms with Gasteiger partial charge < -0.3 is 10.6 Å². The van der Waals surface area contributed by atoms with Gasteiger partial charge in [0, 0.05) is 19.7 Å². The van der Waals surface area contributed by atoms with E-state index in [1.165, 1.54) is 25.3 Å². The molecular weight excluding hydrogens is 227 g/mol. The molecule has 2 rings (SSSR count). The Hall–Kier alpha value is -0.960. The van der Waals surface area contributed by atoms with E-state index in [1.54, 1.807) is 6.07 Å². The molecule has 0 atom stereocenters. The highest BCUT2D eigenvalue weighted by Crippen LogP contribution is 2.32. The zero-order valence-corrected chi connectivity index (χ0v) is 10.1. The Kier molecular flexibility index (Phi) is 3.24. The van der Waals surface area contributed by atoms with Crippen molar-refractivity contribution < 1.29 is 4.39 Å². The molecule has 2 N–H and O–H groups in total. The molecule has 0 radical (unpaired) electrons. The van der Waals surface area contributed by atoms with Crippen LogP contribution in [0.1, 0.15) is 19.3 Å². The lowest BCUT2D eigenvalue weighted by Crippen LogP contribution is -2.29. The van der Waals surface area contributed by atoms with Gasteiger partial charge in [0.25, 0.3) is 0 Å². The van der Waals surface area contributed by atoms with Crippen LogP contribution < -0.4 is 10.6 Å². The number of hydrogen-bond acceptors (Lipinski definition) is 2. The summed E-state index contributed by atoms with van der Waals surface area (Å²) in [7, 11) is 1.97. The fourth-order valence-electron chi connectivity index (χ4n) is 2.04. The summed E-state index contributed by atoms with van der Waals surface area (Å²) >= 11 is 5.76. The lowest BCUT2D eigenvalue weighted by molar-refractivity contribution is 0.321. The van der Waals surface area contributed by atoms with Crippen molar-refractivity contribution in [3.8, 4) is 0 Å². The number of nitrogens with zero attached hydrogens (tertiary/aromatic N) is 1. The molecule has 0 saturated heterocycles. The van der Waals surface area contributed by atoms with Gasteiger partial charge in [-0.25, -0.2) is 4.39 Å². The molecule has 1 aliphatic carbocycles. The zero-order valence-electron chi connectivity index (χ0n) is 9.34. The summed E-state index contributed by atoms with van der Waals surface area (Å²) in [5.74, 6) is 0.285. The van der Waals surface area contributed by atoms with Gasteiger partial charge in [0.2, 0.25) is 0 Å². The number of nitrogens with two attached hydrogens (primary N) is 1. The predicted molar refractivity (Wildman–Crippen MR) is 66.4 cm³/mol. The average molecular weight is 243 g/mol. The first kappa shape index (κ1) is 11.5. The fraction of sp³-hybridized carbons (Fsp3) is 0.500. The van der Waals surface area contributed by atoms with Crippen LogP contribution in [0.3, 0.4) is 0 Å². The van der Waals surface area contributed by atoms with Crippen LogP contribution in [0.5, 0.6) is 0 Å². The summed E-state index contributed by atoms with van der Waals surface area (Å²) in [5.41, 5.74) is 7.05. The number of anilines is 2. The Morgan fingerprint density at radius 1 is 1.50 bits per heavy atom. The first-order valence-corrected chi connectivity index (χ1v) is 5.91. The van der Waals surface area contributed by atoms with Crippen LogP contribution in [0.25, 0.3) is 0 Å². The summed E-state index contributed by atoms with van der Waals surface area (Å²) in [6.07, 6.45) is 3.87. The molecule has 1 aliphatic rings. The van der Waals surface area contributed by atoms with Crippen molar-refractivity contribution in [2.45, 2.75) is 19.3 Å². The van der Waals surface area contributed by atoms with E-state index in [0.29, 0.717) is 5.69 Å². The predicted octanol–water partition coefficient (Wildman–Crippen LogP) is 3.30. The second-order valence-electron chi connectivity index (χ2n) is 4.50. The Balaban J connectivity index is 2.14. The zero-order chi connectivity index (χ0) is 11.7. The van der Waals surface area contributed by atoms with Crippen molar-refractivity contribution in [2.75, 3.05) is 24.2 Å². The molecule has 88 valence electrons. The molecule has 1 aromatic rings. The molecule has 0 unspecified atom stereocenters. The molecule has 0 aromatic heterocycles. The number of hydrogen-bond donors (Lipinski definition) is 1. The molecule has 0 amide bonds. The molecule has 0 aliphatic heterocycles. The van der Waals surface area contributed by atoms with Crippen molar-refractivity contribution >= 4 is 23.0 Å². The van der Waals surface area contributed by atoms with Gasteiger partial charge in [-0.2, -0.15) is 0 Å². The molecule has 1 fully saturated rings. The largest absolute Gasteiger partial charge is 0.397 e. The van der Waals surface area contributed by atoms with E-state index >= 15 is 0 Å². The first-order valence-electron chi connectivity index (χ1n) is 5.53. The molecule has 0 heterocycles. The van der Waals surface area contributed by atoms with Gasteiger partial charge in [0.1, 0.15) is 5.82 Å². The number of halogens is 2. The van der Waals surface area contributed by atoms with E-state index in [-0.39, 0.29) is 5.02 Å². The normalized spacial score (nSPS) is 15.9. The number of benzene rings is 1. The standard InChI is InChI=1S/C12H16ClFN2/c1-16(7-8-3-2-4-8)12-5-9(13)10(14)6-11(12)15/h5-6,8H,2-4,7,15H2,1H3. The van der Waals surface area contributed by atoms with Crippen molar-refractivity contribution in [2.24, 2.45) is 5.92 Å². The fourth-order valence-corrected chi connectivity index (χ4v) is 2.20. The second kappa shape index (κ2) is 4.50. The second-order valence-corrected chi connectivity index (χ2v) is 4.91. The highest BCUT2D eigenvalue weighted by atomic mass is 35.5. The van der Waals surface area contributed by atoms with E-state index in [9.17, 15) is 4.39 Å². The van der Waals surface area contributed by atoms with Crippen molar-refractivity contribution in [3.63, 3.8) is 0 Å². The van der Waals surface area contributed by atoms with Crippen molar-refractivity contribution in [3.05, 3.63) is 23.0 Å². The third-order valence-corrected chi connectivity index (χ3v) is 3.53. The van der Waals surface area contributed by atoms with Crippen LogP contribution in [0.4, 0.5) is 15.8 Å². The van der Waals surface area contributed by atoms with Gasteiger partial charge in [-0.05, 0) is 24.8 Å². The lowest BCUT2D eigenvalue weighted by atomic mass is 9.85. The SMILES string of the molecule is CN(CC1CCC1)c1cc(Cl)c(F)cc1N. The minimum absolute atomic E-state index is 0.129. The first-order chi connectivity index (χ1) is 7.58. The maximum absolute atomic E-state index is 13.1. The average Bonchev–Trinajstić information content (AvgIpc) is 2.17. The monoisotopic (exact) mass is 242 g/mol. The molecular formula is C12H16ClFN2. The quantitative estimate of drug-likeness (QED) is 0.825. The van der Waals surface area contributed by atoms with Crippen LogP contribution in [0.2, 0.25) is 5.02 Å². The van der Waals surface area contributed by atoms with E-state index in [0.717, 1.165) is 18.2 Å². The van der Waals surface area contributed by atoms with Crippen LogP contribution in [0, 0.1) is 11.7 Å². The Labute approximate surface area is 100 Å². The minimum Gasteiger partial charge on any atom is -0.397 e. The van der Waals surface area contributed by atoms with Gasteiger partial charge in [-0.3, -0.25) is 0 Å². The molecule has 16 heavy (non-hydrogen) atoms. The number of rotatable bonds is 3. The van der Waals surface area contributed by atoms with Crippen LogP contribution in [-0.2, 0) is 0 Å². The Morgan fingerprint density at radius 3 is 2.75 bits per heavy atom. The maximum atomic E-state index is 13.1. The summed E-state index contributed by atoms with van der Waals surface area (Å²) < 4.78 is 13.1. The van der Waals surface area contributed by atoms with E-state index < -0.39 is 5.82 Å². The topological polar surface area (TPSA) is 29.3 Å². The molecule has 4 heteroatoms. The highest BCUT2D eigenvalue weighted by molar-refractivity contribution is 6.31. The summed E-state index contributed by atoms with van der Waals surface area (Å²) in [5, 5.41) is 0.129. The van der Waals surface area contributed by atoms with Crippen molar-refractivity contribution in [1.29, 1.82) is 0 Å². The third-order valence-electron chi connectivity index (χ3n) is 3.24. The van der Waals surface area contributed by atoms with Gasteiger partial charge in [-0.15, -0.1) is 0 Å². The molecule has 0 spiro atoms. The third kappa shape index (κ3) is 2.24. The van der Waals surface area contributed by atoms with Crippen molar-refractivity contribution in [1.82, 2.24) is 0 Å². The molecule has 2 nitrogen and oxygen atoms in total. The molecule has 1 saturated carbocycles. The summed E-state index contributed by atoms with van der Waals surface area (Å²) in [4.78, 5) is 2.06. The van der Waals surface area contributed by atoms with Gasteiger partial charge in [-0.1, -0.05) is 18.0 Å². The van der Waals surface area contributed by atoms with Crippen LogP contribution >= 0.6 is 11.6 Å². The Morgan fingerprint density at radius 2 is 2.19 bits per heavy atom. The molecule has 0 bridgehead atoms.